The molecule has 0 aliphatic rings. The van der Waals surface area contributed by atoms with E-state index in [2.05, 4.69) is 21.2 Å². The van der Waals surface area contributed by atoms with Crippen molar-refractivity contribution in [3.05, 3.63) is 88.6 Å². The summed E-state index contributed by atoms with van der Waals surface area (Å²) < 4.78 is 49.6. The Bertz CT molecular complexity index is 1440. The minimum Gasteiger partial charge on any atom is -0.494 e. The monoisotopic (exact) mass is 647 g/mol. The van der Waals surface area contributed by atoms with Crippen molar-refractivity contribution in [3.63, 3.8) is 0 Å². The van der Waals surface area contributed by atoms with Gasteiger partial charge in [-0.15, -0.1) is 0 Å². The summed E-state index contributed by atoms with van der Waals surface area (Å²) in [5.74, 6) is -1.09. The van der Waals surface area contributed by atoms with Crippen LogP contribution in [0.2, 0.25) is 0 Å². The summed E-state index contributed by atoms with van der Waals surface area (Å²) in [6.45, 7) is 6.71. The van der Waals surface area contributed by atoms with Gasteiger partial charge in [0.2, 0.25) is 11.8 Å². The predicted octanol–water partition coefficient (Wildman–Crippen LogP) is 5.51. The van der Waals surface area contributed by atoms with Gasteiger partial charge < -0.3 is 15.0 Å². The molecule has 3 rings (SSSR count). The number of nitrogens with zero attached hydrogens (tertiary/aromatic N) is 2. The molecule has 0 bridgehead atoms. The van der Waals surface area contributed by atoms with Crippen molar-refractivity contribution in [2.45, 2.75) is 57.6 Å². The topological polar surface area (TPSA) is 96.0 Å². The highest BCUT2D eigenvalue weighted by Crippen LogP contribution is 2.27. The van der Waals surface area contributed by atoms with Gasteiger partial charge in [0.1, 0.15) is 24.2 Å². The van der Waals surface area contributed by atoms with Gasteiger partial charge in [0.25, 0.3) is 10.0 Å². The summed E-state index contributed by atoms with van der Waals surface area (Å²) >= 11 is 3.31. The van der Waals surface area contributed by atoms with Crippen LogP contribution in [0.4, 0.5) is 10.1 Å². The lowest BCUT2D eigenvalue weighted by atomic mass is 10.1. The molecule has 3 aromatic carbocycles. The average Bonchev–Trinajstić information content (AvgIpc) is 2.95. The molecule has 3 aromatic rings. The van der Waals surface area contributed by atoms with Crippen LogP contribution >= 0.6 is 15.9 Å². The number of ether oxygens (including phenoxy) is 1. The Morgan fingerprint density at radius 3 is 2.20 bits per heavy atom. The normalized spacial score (nSPS) is 12.7. The molecule has 0 spiro atoms. The number of amides is 2. The van der Waals surface area contributed by atoms with Crippen molar-refractivity contribution in [1.82, 2.24) is 10.2 Å². The van der Waals surface area contributed by atoms with Crippen molar-refractivity contribution in [2.75, 3.05) is 17.5 Å². The number of hydrogen-bond acceptors (Lipinski definition) is 5. The number of hydrogen-bond donors (Lipinski definition) is 1. The molecule has 11 heteroatoms. The second kappa shape index (κ2) is 14.5. The molecule has 0 radical (unpaired) electrons. The summed E-state index contributed by atoms with van der Waals surface area (Å²) in [7, 11) is -4.22. The van der Waals surface area contributed by atoms with Crippen LogP contribution in [0.25, 0.3) is 0 Å². The molecule has 2 amide bonds. The van der Waals surface area contributed by atoms with Crippen LogP contribution in [0.1, 0.15) is 39.7 Å². The van der Waals surface area contributed by atoms with Gasteiger partial charge in [0.05, 0.1) is 17.2 Å². The number of rotatable bonds is 13. The fourth-order valence-corrected chi connectivity index (χ4v) is 5.67. The molecule has 0 saturated carbocycles. The Balaban J connectivity index is 2.04. The van der Waals surface area contributed by atoms with Crippen LogP contribution in [0.3, 0.4) is 0 Å². The smallest absolute Gasteiger partial charge is 0.264 e. The molecule has 0 saturated heterocycles. The van der Waals surface area contributed by atoms with Gasteiger partial charge in [0.15, 0.2) is 0 Å². The first-order valence-electron chi connectivity index (χ1n) is 13.3. The lowest BCUT2D eigenvalue weighted by Gasteiger charge is -2.32. The Hall–Kier alpha value is -3.44. The highest BCUT2D eigenvalue weighted by molar-refractivity contribution is 9.10. The number of benzene rings is 3. The number of sulfonamides is 1. The van der Waals surface area contributed by atoms with E-state index in [1.807, 2.05) is 20.8 Å². The molecular formula is C30H35BrFN3O5S. The van der Waals surface area contributed by atoms with E-state index in [4.69, 9.17) is 4.74 Å². The van der Waals surface area contributed by atoms with Gasteiger partial charge in [-0.05, 0) is 81.8 Å². The first-order chi connectivity index (χ1) is 19.5. The molecule has 220 valence electrons. The van der Waals surface area contributed by atoms with E-state index in [1.165, 1.54) is 35.2 Å². The Labute approximate surface area is 249 Å². The van der Waals surface area contributed by atoms with Crippen LogP contribution in [-0.4, -0.2) is 50.4 Å². The van der Waals surface area contributed by atoms with Crippen molar-refractivity contribution in [3.8, 4) is 5.75 Å². The van der Waals surface area contributed by atoms with E-state index in [9.17, 15) is 22.4 Å². The summed E-state index contributed by atoms with van der Waals surface area (Å²) in [6.07, 6.45) is 0.677. The van der Waals surface area contributed by atoms with Crippen LogP contribution < -0.4 is 14.4 Å². The van der Waals surface area contributed by atoms with Crippen LogP contribution in [0, 0.1) is 5.82 Å². The molecular weight excluding hydrogens is 613 g/mol. The molecule has 1 N–H and O–H groups in total. The first-order valence-corrected chi connectivity index (χ1v) is 15.6. The Morgan fingerprint density at radius 1 is 0.976 bits per heavy atom. The maximum Gasteiger partial charge on any atom is 0.264 e. The quantitative estimate of drug-likeness (QED) is 0.264. The molecule has 2 atom stereocenters. The van der Waals surface area contributed by atoms with Crippen molar-refractivity contribution in [1.29, 1.82) is 0 Å². The number of anilines is 1. The average molecular weight is 649 g/mol. The largest absolute Gasteiger partial charge is 0.494 e. The highest BCUT2D eigenvalue weighted by atomic mass is 79.9. The first kappa shape index (κ1) is 32.1. The molecule has 41 heavy (non-hydrogen) atoms. The van der Waals surface area contributed by atoms with Gasteiger partial charge in [0, 0.05) is 22.6 Å². The number of halogens is 2. The summed E-state index contributed by atoms with van der Waals surface area (Å²) in [5, 5.41) is 2.85. The van der Waals surface area contributed by atoms with E-state index in [0.29, 0.717) is 23.2 Å². The van der Waals surface area contributed by atoms with Gasteiger partial charge in [-0.3, -0.25) is 13.9 Å². The van der Waals surface area contributed by atoms with Crippen LogP contribution in [-0.2, 0) is 26.2 Å². The zero-order chi connectivity index (χ0) is 30.2. The van der Waals surface area contributed by atoms with E-state index >= 15 is 0 Å². The van der Waals surface area contributed by atoms with Crippen LogP contribution in [0.5, 0.6) is 5.75 Å². The number of nitrogens with one attached hydrogen (secondary N) is 1. The third-order valence-electron chi connectivity index (χ3n) is 6.58. The van der Waals surface area contributed by atoms with Crippen molar-refractivity contribution >= 4 is 43.5 Å². The van der Waals surface area contributed by atoms with Crippen LogP contribution in [0.15, 0.2) is 82.2 Å². The fraction of sp³-hybridized carbons (Fsp3) is 0.333. The van der Waals surface area contributed by atoms with Crippen molar-refractivity contribution in [2.24, 2.45) is 0 Å². The molecule has 8 nitrogen and oxygen atoms in total. The predicted molar refractivity (Wildman–Crippen MR) is 161 cm³/mol. The third-order valence-corrected chi connectivity index (χ3v) is 8.90. The molecule has 0 unspecified atom stereocenters. The SMILES string of the molecule is CCOc1ccc(N(CC(=O)N(Cc2ccccc2F)[C@H](C)C(=O)N[C@@H](C)CC)S(=O)(=O)c2ccc(Br)cc2)cc1. The summed E-state index contributed by atoms with van der Waals surface area (Å²) in [5.41, 5.74) is 0.430. The highest BCUT2D eigenvalue weighted by Gasteiger charge is 2.33. The minimum atomic E-state index is -4.22. The van der Waals surface area contributed by atoms with Crippen molar-refractivity contribution < 1.29 is 27.1 Å². The molecule has 0 heterocycles. The Morgan fingerprint density at radius 2 is 1.61 bits per heavy atom. The van der Waals surface area contributed by atoms with E-state index < -0.39 is 40.2 Å². The van der Waals surface area contributed by atoms with Gasteiger partial charge in [-0.25, -0.2) is 12.8 Å². The lowest BCUT2D eigenvalue weighted by molar-refractivity contribution is -0.139. The molecule has 0 aliphatic carbocycles. The maximum absolute atomic E-state index is 14.7. The maximum atomic E-state index is 14.7. The van der Waals surface area contributed by atoms with Gasteiger partial charge in [-0.2, -0.15) is 0 Å². The van der Waals surface area contributed by atoms with E-state index in [0.717, 1.165) is 4.31 Å². The van der Waals surface area contributed by atoms with Gasteiger partial charge >= 0.3 is 0 Å². The molecule has 0 aliphatic heterocycles. The second-order valence-electron chi connectivity index (χ2n) is 9.50. The van der Waals surface area contributed by atoms with E-state index in [1.54, 1.807) is 49.4 Å². The standard InChI is InChI=1S/C30H35BrFN3O5S/c1-5-21(3)33-30(37)22(4)34(19-23-9-7-8-10-28(23)32)29(36)20-35(25-13-15-26(16-14-25)40-6-2)41(38,39)27-17-11-24(31)12-18-27/h7-18,21-22H,5-6,19-20H2,1-4H3,(H,33,37)/t21-,22+/m0/s1. The number of carbonyl (C=O) groups is 2. The van der Waals surface area contributed by atoms with Gasteiger partial charge in [-0.1, -0.05) is 41.1 Å². The molecule has 0 aromatic heterocycles. The fourth-order valence-electron chi connectivity index (χ4n) is 4.00. The second-order valence-corrected chi connectivity index (χ2v) is 12.3. The summed E-state index contributed by atoms with van der Waals surface area (Å²) in [4.78, 5) is 28.2. The zero-order valence-corrected chi connectivity index (χ0v) is 25.9. The van der Waals surface area contributed by atoms with E-state index in [-0.39, 0.29) is 28.7 Å². The zero-order valence-electron chi connectivity index (χ0n) is 23.5. The molecule has 0 fully saturated rings. The summed E-state index contributed by atoms with van der Waals surface area (Å²) in [6, 6.07) is 17.2. The Kier molecular flexibility index (Phi) is 11.3. The number of carbonyl (C=O) groups excluding carboxylic acids is 2. The third kappa shape index (κ3) is 8.29. The lowest BCUT2D eigenvalue weighted by Crippen LogP contribution is -2.52. The minimum absolute atomic E-state index is 0.0226.